The average Bonchev–Trinajstić information content (AvgIpc) is 3.09. The average molecular weight is 444 g/mol. The molecular weight excluding hydrogens is 428 g/mol. The molecule has 1 aliphatic heterocycles. The van der Waals surface area contributed by atoms with E-state index in [2.05, 4.69) is 0 Å². The van der Waals surface area contributed by atoms with Gasteiger partial charge >= 0.3 is 5.97 Å². The number of carbonyl (C=O) groups is 3. The van der Waals surface area contributed by atoms with Crippen molar-refractivity contribution in [2.24, 2.45) is 0 Å². The first-order chi connectivity index (χ1) is 15.8. The normalized spacial score (nSPS) is 17.2. The zero-order valence-corrected chi connectivity index (χ0v) is 16.9. The molecule has 2 N–H and O–H groups in total. The van der Waals surface area contributed by atoms with Crippen LogP contribution in [-0.4, -0.2) is 32.8 Å². The number of nitro groups is 1. The van der Waals surface area contributed by atoms with Gasteiger partial charge in [-0.2, -0.15) is 0 Å². The van der Waals surface area contributed by atoms with Crippen LogP contribution in [0, 0.1) is 10.1 Å². The van der Waals surface area contributed by atoms with Crippen LogP contribution >= 0.6 is 0 Å². The van der Waals surface area contributed by atoms with Crippen molar-refractivity contribution in [2.45, 2.75) is 6.04 Å². The fourth-order valence-electron chi connectivity index (χ4n) is 3.74. The molecule has 9 heteroatoms. The Hall–Kier alpha value is -4.79. The first-order valence-corrected chi connectivity index (χ1v) is 9.73. The molecule has 1 amide bonds. The van der Waals surface area contributed by atoms with E-state index in [4.69, 9.17) is 5.11 Å². The summed E-state index contributed by atoms with van der Waals surface area (Å²) in [4.78, 5) is 49.1. The summed E-state index contributed by atoms with van der Waals surface area (Å²) >= 11 is 0. The molecule has 0 saturated carbocycles. The highest BCUT2D eigenvalue weighted by Crippen LogP contribution is 2.42. The Bertz CT molecular complexity index is 1310. The molecular formula is C24H16N2O7. The number of Topliss-reactive ketones (excluding diaryl/α,β-unsaturated/α-hetero) is 1. The Balaban J connectivity index is 1.94. The predicted octanol–water partition coefficient (Wildman–Crippen LogP) is 3.92. The van der Waals surface area contributed by atoms with E-state index in [0.717, 1.165) is 4.90 Å². The second-order valence-electron chi connectivity index (χ2n) is 7.24. The number of carboxylic acid groups (broad SMARTS) is 1. The van der Waals surface area contributed by atoms with Gasteiger partial charge in [-0.15, -0.1) is 0 Å². The summed E-state index contributed by atoms with van der Waals surface area (Å²) < 4.78 is 0. The number of carbonyl (C=O) groups excluding carboxylic acids is 2. The predicted molar refractivity (Wildman–Crippen MR) is 118 cm³/mol. The van der Waals surface area contributed by atoms with Gasteiger partial charge in [0.1, 0.15) is 5.76 Å². The molecule has 4 rings (SSSR count). The summed E-state index contributed by atoms with van der Waals surface area (Å²) in [5.41, 5.74) is 0.237. The maximum atomic E-state index is 13.1. The molecule has 3 aromatic carbocycles. The van der Waals surface area contributed by atoms with Crippen LogP contribution in [0.4, 0.5) is 11.4 Å². The maximum Gasteiger partial charge on any atom is 0.335 e. The number of carboxylic acids is 1. The molecule has 1 unspecified atom stereocenters. The first-order valence-electron chi connectivity index (χ1n) is 9.73. The SMILES string of the molecule is O=C1C(=O)N(c2ccc(C(=O)O)cc2)C(c2cccc([N+](=O)[O-])c2)/C1=C(/O)c1ccccc1. The topological polar surface area (TPSA) is 138 Å². The van der Waals surface area contributed by atoms with Crippen LogP contribution in [0.15, 0.2) is 84.4 Å². The second-order valence-corrected chi connectivity index (χ2v) is 7.24. The van der Waals surface area contributed by atoms with Crippen LogP contribution in [0.3, 0.4) is 0 Å². The molecule has 0 radical (unpaired) electrons. The summed E-state index contributed by atoms with van der Waals surface area (Å²) in [5.74, 6) is -3.50. The molecule has 3 aromatic rings. The lowest BCUT2D eigenvalue weighted by molar-refractivity contribution is -0.384. The Morgan fingerprint density at radius 2 is 1.55 bits per heavy atom. The molecule has 1 heterocycles. The van der Waals surface area contributed by atoms with Gasteiger partial charge in [0, 0.05) is 23.4 Å². The van der Waals surface area contributed by atoms with Crippen molar-refractivity contribution in [2.75, 3.05) is 4.90 Å². The molecule has 0 aromatic heterocycles. The van der Waals surface area contributed by atoms with E-state index in [9.17, 15) is 29.6 Å². The van der Waals surface area contributed by atoms with Crippen molar-refractivity contribution in [3.8, 4) is 0 Å². The number of nitro benzene ring substituents is 1. The Kier molecular flexibility index (Phi) is 5.45. The van der Waals surface area contributed by atoms with Gasteiger partial charge in [0.2, 0.25) is 0 Å². The zero-order chi connectivity index (χ0) is 23.7. The summed E-state index contributed by atoms with van der Waals surface area (Å²) in [6, 6.07) is 17.7. The third-order valence-electron chi connectivity index (χ3n) is 5.28. The van der Waals surface area contributed by atoms with Crippen molar-refractivity contribution >= 4 is 34.8 Å². The number of anilines is 1. The lowest BCUT2D eigenvalue weighted by atomic mass is 9.94. The van der Waals surface area contributed by atoms with E-state index in [1.54, 1.807) is 30.3 Å². The smallest absolute Gasteiger partial charge is 0.335 e. The molecule has 164 valence electrons. The molecule has 0 bridgehead atoms. The summed E-state index contributed by atoms with van der Waals surface area (Å²) in [5, 5.41) is 31.4. The van der Waals surface area contributed by atoms with E-state index < -0.39 is 34.4 Å². The number of aromatic carboxylic acids is 1. The number of ketones is 1. The Labute approximate surface area is 187 Å². The Morgan fingerprint density at radius 3 is 2.15 bits per heavy atom. The van der Waals surface area contributed by atoms with Crippen LogP contribution in [0.5, 0.6) is 0 Å². The van der Waals surface area contributed by atoms with Crippen molar-refractivity contribution in [3.05, 3.63) is 111 Å². The van der Waals surface area contributed by atoms with Crippen LogP contribution in [0.1, 0.15) is 27.5 Å². The number of non-ortho nitro benzene ring substituents is 1. The van der Waals surface area contributed by atoms with E-state index in [1.807, 2.05) is 0 Å². The highest BCUT2D eigenvalue weighted by molar-refractivity contribution is 6.51. The summed E-state index contributed by atoms with van der Waals surface area (Å²) in [6.07, 6.45) is 0. The molecule has 1 atom stereocenters. The fourth-order valence-corrected chi connectivity index (χ4v) is 3.74. The number of aliphatic hydroxyl groups excluding tert-OH is 1. The van der Waals surface area contributed by atoms with Crippen LogP contribution in [-0.2, 0) is 9.59 Å². The van der Waals surface area contributed by atoms with E-state index in [-0.39, 0.29) is 28.1 Å². The molecule has 0 aliphatic carbocycles. The van der Waals surface area contributed by atoms with E-state index >= 15 is 0 Å². The van der Waals surface area contributed by atoms with Crippen molar-refractivity contribution in [1.82, 2.24) is 0 Å². The standard InChI is InChI=1S/C24H16N2O7/c27-21(14-5-2-1-3-6-14)19-20(16-7-4-8-18(13-16)26(32)33)25(23(29)22(19)28)17-11-9-15(10-12-17)24(30)31/h1-13,20,27H,(H,30,31)/b21-19-. The third kappa shape index (κ3) is 3.83. The minimum Gasteiger partial charge on any atom is -0.507 e. The number of hydrogen-bond acceptors (Lipinski definition) is 6. The minimum absolute atomic E-state index is 0.0217. The summed E-state index contributed by atoms with van der Waals surface area (Å²) in [6.45, 7) is 0. The van der Waals surface area contributed by atoms with Crippen molar-refractivity contribution < 1.29 is 29.5 Å². The van der Waals surface area contributed by atoms with Crippen LogP contribution < -0.4 is 4.90 Å². The molecule has 9 nitrogen and oxygen atoms in total. The molecule has 1 saturated heterocycles. The maximum absolute atomic E-state index is 13.1. The van der Waals surface area contributed by atoms with Gasteiger partial charge in [0.25, 0.3) is 17.4 Å². The number of hydrogen-bond donors (Lipinski definition) is 2. The fraction of sp³-hybridized carbons (Fsp3) is 0.0417. The van der Waals surface area contributed by atoms with Gasteiger partial charge in [0.05, 0.1) is 22.1 Å². The molecule has 0 spiro atoms. The first kappa shape index (κ1) is 21.4. The number of benzene rings is 3. The van der Waals surface area contributed by atoms with Gasteiger partial charge in [-0.25, -0.2) is 4.79 Å². The van der Waals surface area contributed by atoms with Gasteiger partial charge in [-0.05, 0) is 29.8 Å². The second kappa shape index (κ2) is 8.39. The highest BCUT2D eigenvalue weighted by atomic mass is 16.6. The molecule has 33 heavy (non-hydrogen) atoms. The van der Waals surface area contributed by atoms with Crippen molar-refractivity contribution in [1.29, 1.82) is 0 Å². The van der Waals surface area contributed by atoms with E-state index in [0.29, 0.717) is 5.56 Å². The number of rotatable bonds is 5. The lowest BCUT2D eigenvalue weighted by Gasteiger charge is -2.25. The highest BCUT2D eigenvalue weighted by Gasteiger charge is 2.47. The third-order valence-corrected chi connectivity index (χ3v) is 5.28. The molecule has 1 fully saturated rings. The number of amides is 1. The zero-order valence-electron chi connectivity index (χ0n) is 16.9. The lowest BCUT2D eigenvalue weighted by Crippen LogP contribution is -2.29. The van der Waals surface area contributed by atoms with Crippen LogP contribution in [0.25, 0.3) is 5.76 Å². The monoisotopic (exact) mass is 444 g/mol. The van der Waals surface area contributed by atoms with E-state index in [1.165, 1.54) is 48.5 Å². The van der Waals surface area contributed by atoms with Gasteiger partial charge in [-0.3, -0.25) is 24.6 Å². The quantitative estimate of drug-likeness (QED) is 0.200. The van der Waals surface area contributed by atoms with Gasteiger partial charge < -0.3 is 10.2 Å². The summed E-state index contributed by atoms with van der Waals surface area (Å²) in [7, 11) is 0. The van der Waals surface area contributed by atoms with Gasteiger partial charge in [0.15, 0.2) is 0 Å². The van der Waals surface area contributed by atoms with Crippen LogP contribution in [0.2, 0.25) is 0 Å². The Morgan fingerprint density at radius 1 is 0.879 bits per heavy atom. The largest absolute Gasteiger partial charge is 0.507 e. The number of aliphatic hydroxyl groups is 1. The van der Waals surface area contributed by atoms with Crippen molar-refractivity contribution in [3.63, 3.8) is 0 Å². The minimum atomic E-state index is -1.17. The molecule has 1 aliphatic rings. The number of nitrogens with zero attached hydrogens (tertiary/aromatic N) is 2. The van der Waals surface area contributed by atoms with Gasteiger partial charge in [-0.1, -0.05) is 42.5 Å².